The molecular formula is C13H26N2O2. The molecule has 1 rings (SSSR count). The molecule has 1 saturated heterocycles. The lowest BCUT2D eigenvalue weighted by atomic mass is 10.1. The van der Waals surface area contributed by atoms with Gasteiger partial charge in [-0.2, -0.15) is 0 Å². The normalized spacial score (nSPS) is 19.3. The Morgan fingerprint density at radius 3 is 2.41 bits per heavy atom. The molecule has 1 heterocycles. The number of likely N-dealkylation sites (tertiary alicyclic amines) is 1. The van der Waals surface area contributed by atoms with E-state index in [1.807, 2.05) is 20.8 Å². The molecule has 0 amide bonds. The lowest BCUT2D eigenvalue weighted by Crippen LogP contribution is -2.44. The molecule has 0 aromatic carbocycles. The fraction of sp³-hybridized carbons (Fsp3) is 0.923. The van der Waals surface area contributed by atoms with Gasteiger partial charge in [-0.25, -0.2) is 0 Å². The second kappa shape index (κ2) is 6.36. The van der Waals surface area contributed by atoms with Crippen LogP contribution in [0.2, 0.25) is 0 Å². The zero-order chi connectivity index (χ0) is 12.9. The van der Waals surface area contributed by atoms with Crippen LogP contribution in [0.4, 0.5) is 0 Å². The predicted octanol–water partition coefficient (Wildman–Crippen LogP) is 1.40. The highest BCUT2D eigenvalue weighted by Crippen LogP contribution is 2.10. The van der Waals surface area contributed by atoms with E-state index in [-0.39, 0.29) is 11.6 Å². The summed E-state index contributed by atoms with van der Waals surface area (Å²) in [7, 11) is 0. The fourth-order valence-corrected chi connectivity index (χ4v) is 2.06. The second-order valence-electron chi connectivity index (χ2n) is 5.68. The Kier molecular flexibility index (Phi) is 5.40. The average Bonchev–Trinajstić information content (AvgIpc) is 2.25. The molecule has 0 atom stereocenters. The van der Waals surface area contributed by atoms with Crippen molar-refractivity contribution in [3.63, 3.8) is 0 Å². The van der Waals surface area contributed by atoms with Gasteiger partial charge in [0, 0.05) is 6.04 Å². The third kappa shape index (κ3) is 6.03. The highest BCUT2D eigenvalue weighted by molar-refractivity contribution is 5.72. The van der Waals surface area contributed by atoms with Gasteiger partial charge >= 0.3 is 5.97 Å². The van der Waals surface area contributed by atoms with E-state index in [0.29, 0.717) is 12.6 Å². The van der Waals surface area contributed by atoms with E-state index < -0.39 is 0 Å². The minimum Gasteiger partial charge on any atom is -0.459 e. The van der Waals surface area contributed by atoms with Crippen LogP contribution in [-0.4, -0.2) is 48.7 Å². The van der Waals surface area contributed by atoms with Gasteiger partial charge in [-0.1, -0.05) is 6.92 Å². The maximum absolute atomic E-state index is 11.5. The first-order valence-corrected chi connectivity index (χ1v) is 6.58. The maximum atomic E-state index is 11.5. The van der Waals surface area contributed by atoms with Crippen LogP contribution in [0.3, 0.4) is 0 Å². The van der Waals surface area contributed by atoms with Crippen molar-refractivity contribution in [3.05, 3.63) is 0 Å². The van der Waals surface area contributed by atoms with Crippen LogP contribution >= 0.6 is 0 Å². The largest absolute Gasteiger partial charge is 0.459 e. The fourth-order valence-electron chi connectivity index (χ4n) is 2.06. The molecule has 1 fully saturated rings. The van der Waals surface area contributed by atoms with Crippen LogP contribution in [0.5, 0.6) is 0 Å². The van der Waals surface area contributed by atoms with Gasteiger partial charge in [0.25, 0.3) is 0 Å². The monoisotopic (exact) mass is 242 g/mol. The van der Waals surface area contributed by atoms with E-state index >= 15 is 0 Å². The molecule has 4 nitrogen and oxygen atoms in total. The Bertz CT molecular complexity index is 240. The third-order valence-corrected chi connectivity index (χ3v) is 2.99. The summed E-state index contributed by atoms with van der Waals surface area (Å²) in [6, 6.07) is 0.463. The van der Waals surface area contributed by atoms with Gasteiger partial charge in [0.05, 0.1) is 6.54 Å². The van der Waals surface area contributed by atoms with Crippen molar-refractivity contribution < 1.29 is 9.53 Å². The molecule has 0 aliphatic carbocycles. The minimum atomic E-state index is -0.385. The molecule has 0 bridgehead atoms. The lowest BCUT2D eigenvalue weighted by Gasteiger charge is -2.31. The smallest absolute Gasteiger partial charge is 0.320 e. The SMILES string of the molecule is CCN1CCC(NCC(=O)OC(C)(C)C)CC1. The molecule has 1 N–H and O–H groups in total. The number of nitrogens with zero attached hydrogens (tertiary/aromatic N) is 1. The number of piperidine rings is 1. The predicted molar refractivity (Wildman–Crippen MR) is 69.0 cm³/mol. The molecule has 0 saturated carbocycles. The van der Waals surface area contributed by atoms with Crippen molar-refractivity contribution in [1.82, 2.24) is 10.2 Å². The summed E-state index contributed by atoms with van der Waals surface area (Å²) >= 11 is 0. The summed E-state index contributed by atoms with van der Waals surface area (Å²) in [5.74, 6) is -0.157. The van der Waals surface area contributed by atoms with Crippen molar-refractivity contribution >= 4 is 5.97 Å². The number of hydrogen-bond donors (Lipinski definition) is 1. The van der Waals surface area contributed by atoms with E-state index in [4.69, 9.17) is 4.74 Å². The van der Waals surface area contributed by atoms with Crippen LogP contribution in [0.1, 0.15) is 40.5 Å². The topological polar surface area (TPSA) is 41.6 Å². The number of rotatable bonds is 4. The first kappa shape index (κ1) is 14.5. The molecule has 100 valence electrons. The van der Waals surface area contributed by atoms with Crippen LogP contribution < -0.4 is 5.32 Å². The van der Waals surface area contributed by atoms with Gasteiger partial charge in [0.2, 0.25) is 0 Å². The highest BCUT2D eigenvalue weighted by Gasteiger charge is 2.20. The van der Waals surface area contributed by atoms with Gasteiger partial charge in [0.15, 0.2) is 0 Å². The first-order valence-electron chi connectivity index (χ1n) is 6.58. The summed E-state index contributed by atoms with van der Waals surface area (Å²) in [5.41, 5.74) is -0.385. The highest BCUT2D eigenvalue weighted by atomic mass is 16.6. The third-order valence-electron chi connectivity index (χ3n) is 2.99. The number of ether oxygens (including phenoxy) is 1. The number of carbonyl (C=O) groups is 1. The van der Waals surface area contributed by atoms with Crippen LogP contribution in [-0.2, 0) is 9.53 Å². The van der Waals surface area contributed by atoms with Crippen LogP contribution in [0, 0.1) is 0 Å². The van der Waals surface area contributed by atoms with Crippen molar-refractivity contribution in [2.45, 2.75) is 52.2 Å². The van der Waals surface area contributed by atoms with Gasteiger partial charge in [-0.3, -0.25) is 4.79 Å². The number of esters is 1. The summed E-state index contributed by atoms with van der Waals surface area (Å²) in [5, 5.41) is 3.29. The molecule has 0 unspecified atom stereocenters. The van der Waals surface area contributed by atoms with E-state index in [0.717, 1.165) is 32.5 Å². The van der Waals surface area contributed by atoms with E-state index in [9.17, 15) is 4.79 Å². The van der Waals surface area contributed by atoms with E-state index in [2.05, 4.69) is 17.1 Å². The lowest BCUT2D eigenvalue weighted by molar-refractivity contribution is -0.153. The Hall–Kier alpha value is -0.610. The molecule has 1 aliphatic heterocycles. The van der Waals surface area contributed by atoms with Gasteiger partial charge in [0.1, 0.15) is 5.60 Å². The first-order chi connectivity index (χ1) is 7.90. The summed E-state index contributed by atoms with van der Waals surface area (Å²) in [6.45, 7) is 11.6. The van der Waals surface area contributed by atoms with Crippen molar-refractivity contribution in [1.29, 1.82) is 0 Å². The zero-order valence-electron chi connectivity index (χ0n) is 11.6. The minimum absolute atomic E-state index is 0.157. The molecular weight excluding hydrogens is 216 g/mol. The molecule has 0 aromatic heterocycles. The average molecular weight is 242 g/mol. The second-order valence-corrected chi connectivity index (χ2v) is 5.68. The Morgan fingerprint density at radius 2 is 1.94 bits per heavy atom. The summed E-state index contributed by atoms with van der Waals surface area (Å²) in [6.07, 6.45) is 2.24. The molecule has 0 aromatic rings. The van der Waals surface area contributed by atoms with Crippen molar-refractivity contribution in [3.8, 4) is 0 Å². The van der Waals surface area contributed by atoms with Gasteiger partial charge in [-0.15, -0.1) is 0 Å². The Labute approximate surface area is 105 Å². The molecule has 4 heteroatoms. The summed E-state index contributed by atoms with van der Waals surface area (Å²) in [4.78, 5) is 14.0. The van der Waals surface area contributed by atoms with Crippen LogP contribution in [0.25, 0.3) is 0 Å². The van der Waals surface area contributed by atoms with Crippen molar-refractivity contribution in [2.75, 3.05) is 26.2 Å². The molecule has 0 spiro atoms. The van der Waals surface area contributed by atoms with E-state index in [1.54, 1.807) is 0 Å². The van der Waals surface area contributed by atoms with E-state index in [1.165, 1.54) is 0 Å². The number of carbonyl (C=O) groups excluding carboxylic acids is 1. The van der Waals surface area contributed by atoms with Crippen molar-refractivity contribution in [2.24, 2.45) is 0 Å². The van der Waals surface area contributed by atoms with Gasteiger partial charge < -0.3 is 15.0 Å². The zero-order valence-corrected chi connectivity index (χ0v) is 11.6. The molecule has 17 heavy (non-hydrogen) atoms. The quantitative estimate of drug-likeness (QED) is 0.757. The number of hydrogen-bond acceptors (Lipinski definition) is 4. The molecule has 1 aliphatic rings. The Morgan fingerprint density at radius 1 is 1.35 bits per heavy atom. The standard InChI is InChI=1S/C13H26N2O2/c1-5-15-8-6-11(7-9-15)14-10-12(16)17-13(2,3)4/h11,14H,5-10H2,1-4H3. The van der Waals surface area contributed by atoms with Gasteiger partial charge in [-0.05, 0) is 53.2 Å². The molecule has 0 radical (unpaired) electrons. The number of nitrogens with one attached hydrogen (secondary N) is 1. The maximum Gasteiger partial charge on any atom is 0.320 e. The van der Waals surface area contributed by atoms with Crippen LogP contribution in [0.15, 0.2) is 0 Å². The Balaban J connectivity index is 2.17. The summed E-state index contributed by atoms with van der Waals surface area (Å²) < 4.78 is 5.26.